The van der Waals surface area contributed by atoms with Gasteiger partial charge in [0, 0.05) is 10.9 Å². The summed E-state index contributed by atoms with van der Waals surface area (Å²) in [6.45, 7) is 0. The molecule has 0 fully saturated rings. The average Bonchev–Trinajstić information content (AvgIpc) is 2.68. The van der Waals surface area contributed by atoms with Gasteiger partial charge in [0.1, 0.15) is 5.82 Å². The second-order valence-electron chi connectivity index (χ2n) is 3.22. The number of hydrogen-bond acceptors (Lipinski definition) is 2. The van der Waals surface area contributed by atoms with Crippen LogP contribution in [0.3, 0.4) is 0 Å². The molecule has 0 unspecified atom stereocenters. The lowest BCUT2D eigenvalue weighted by molar-refractivity contribution is 1.00. The second-order valence-corrected chi connectivity index (χ2v) is 4.59. The Balaban J connectivity index is 2.25. The van der Waals surface area contributed by atoms with Crippen LogP contribution in [0.15, 0.2) is 34.9 Å². The van der Waals surface area contributed by atoms with E-state index in [0.717, 1.165) is 33.7 Å². The van der Waals surface area contributed by atoms with E-state index in [9.17, 15) is 0 Å². The predicted octanol–water partition coefficient (Wildman–Crippen LogP) is 3.31. The molecule has 0 saturated heterocycles. The molecule has 15 heavy (non-hydrogen) atoms. The minimum atomic E-state index is 0.813. The summed E-state index contributed by atoms with van der Waals surface area (Å²) in [5.74, 6) is 1.80. The Kier molecular flexibility index (Phi) is 3.49. The van der Waals surface area contributed by atoms with Gasteiger partial charge < -0.3 is 4.98 Å². The number of nitrogens with zero attached hydrogens (tertiary/aromatic N) is 1. The second kappa shape index (κ2) is 4.86. The first-order valence-electron chi connectivity index (χ1n) is 4.70. The van der Waals surface area contributed by atoms with Gasteiger partial charge in [0.2, 0.25) is 0 Å². The van der Waals surface area contributed by atoms with Crippen LogP contribution in [0.4, 0.5) is 0 Å². The maximum atomic E-state index is 4.29. The maximum absolute atomic E-state index is 4.29. The number of benzene rings is 1. The lowest BCUT2D eigenvalue weighted by Crippen LogP contribution is -1.88. The zero-order valence-electron chi connectivity index (χ0n) is 8.07. The van der Waals surface area contributed by atoms with E-state index in [0.29, 0.717) is 0 Å². The zero-order chi connectivity index (χ0) is 10.7. The van der Waals surface area contributed by atoms with Crippen LogP contribution in [0, 0.1) is 0 Å². The molecule has 0 aliphatic carbocycles. The quantitative estimate of drug-likeness (QED) is 0.831. The number of aryl methyl sites for hydroxylation is 1. The van der Waals surface area contributed by atoms with Crippen LogP contribution in [0.5, 0.6) is 0 Å². The van der Waals surface area contributed by atoms with Crippen LogP contribution in [-0.2, 0) is 6.42 Å². The SMILES string of the molecule is SCCc1ncc(-c2ccc(Br)cc2)[nH]1. The van der Waals surface area contributed by atoms with Crippen molar-refractivity contribution < 1.29 is 0 Å². The molecule has 1 aromatic heterocycles. The highest BCUT2D eigenvalue weighted by atomic mass is 79.9. The van der Waals surface area contributed by atoms with Crippen LogP contribution < -0.4 is 0 Å². The van der Waals surface area contributed by atoms with Crippen molar-refractivity contribution in [2.45, 2.75) is 6.42 Å². The molecule has 0 amide bonds. The minimum Gasteiger partial charge on any atom is -0.342 e. The van der Waals surface area contributed by atoms with Gasteiger partial charge in [-0.05, 0) is 23.4 Å². The molecule has 2 aromatic rings. The fourth-order valence-electron chi connectivity index (χ4n) is 1.37. The van der Waals surface area contributed by atoms with Crippen LogP contribution in [0.1, 0.15) is 5.82 Å². The van der Waals surface area contributed by atoms with Crippen molar-refractivity contribution in [1.82, 2.24) is 9.97 Å². The third-order valence-corrected chi connectivity index (χ3v) is 2.88. The van der Waals surface area contributed by atoms with Gasteiger partial charge in [0.05, 0.1) is 11.9 Å². The van der Waals surface area contributed by atoms with Crippen molar-refractivity contribution in [2.75, 3.05) is 5.75 Å². The van der Waals surface area contributed by atoms with E-state index in [4.69, 9.17) is 0 Å². The first kappa shape index (κ1) is 10.8. The van der Waals surface area contributed by atoms with Crippen molar-refractivity contribution in [2.24, 2.45) is 0 Å². The molecule has 0 radical (unpaired) electrons. The molecule has 0 spiro atoms. The Hall–Kier alpha value is -0.740. The fourth-order valence-corrected chi connectivity index (χ4v) is 1.85. The lowest BCUT2D eigenvalue weighted by Gasteiger charge is -1.97. The standard InChI is InChI=1S/C11H11BrN2S/c12-9-3-1-8(2-4-9)10-7-13-11(14-10)5-6-15/h1-4,7,15H,5-6H2,(H,13,14). The van der Waals surface area contributed by atoms with Crippen LogP contribution in [-0.4, -0.2) is 15.7 Å². The summed E-state index contributed by atoms with van der Waals surface area (Å²) >= 11 is 7.59. The van der Waals surface area contributed by atoms with Crippen molar-refractivity contribution in [1.29, 1.82) is 0 Å². The number of H-pyrrole nitrogens is 1. The largest absolute Gasteiger partial charge is 0.342 e. The number of thiol groups is 1. The van der Waals surface area contributed by atoms with Crippen LogP contribution in [0.25, 0.3) is 11.3 Å². The molecule has 1 heterocycles. The summed E-state index contributed by atoms with van der Waals surface area (Å²) < 4.78 is 1.08. The van der Waals surface area contributed by atoms with Crippen molar-refractivity contribution in [3.8, 4) is 11.3 Å². The van der Waals surface area contributed by atoms with E-state index in [2.05, 4.69) is 50.7 Å². The Labute approximate surface area is 103 Å². The first-order valence-corrected chi connectivity index (χ1v) is 6.13. The Morgan fingerprint density at radius 2 is 2.00 bits per heavy atom. The average molecular weight is 283 g/mol. The number of nitrogens with one attached hydrogen (secondary N) is 1. The smallest absolute Gasteiger partial charge is 0.107 e. The van der Waals surface area contributed by atoms with Gasteiger partial charge in [-0.3, -0.25) is 0 Å². The molecule has 1 N–H and O–H groups in total. The normalized spacial score (nSPS) is 10.5. The predicted molar refractivity (Wildman–Crippen MR) is 69.3 cm³/mol. The van der Waals surface area contributed by atoms with E-state index in [1.807, 2.05) is 18.3 Å². The summed E-state index contributed by atoms with van der Waals surface area (Å²) in [5.41, 5.74) is 2.20. The monoisotopic (exact) mass is 282 g/mol. The fraction of sp³-hybridized carbons (Fsp3) is 0.182. The number of imidazole rings is 1. The zero-order valence-corrected chi connectivity index (χ0v) is 10.6. The van der Waals surface area contributed by atoms with Crippen LogP contribution in [0.2, 0.25) is 0 Å². The van der Waals surface area contributed by atoms with Gasteiger partial charge in [-0.1, -0.05) is 28.1 Å². The molecule has 0 bridgehead atoms. The summed E-state index contributed by atoms with van der Waals surface area (Å²) in [7, 11) is 0. The molecule has 2 rings (SSSR count). The topological polar surface area (TPSA) is 28.7 Å². The van der Waals surface area contributed by atoms with E-state index in [1.165, 1.54) is 0 Å². The molecular formula is C11H11BrN2S. The van der Waals surface area contributed by atoms with Crippen LogP contribution >= 0.6 is 28.6 Å². The first-order chi connectivity index (χ1) is 7.29. The van der Waals surface area contributed by atoms with Crippen molar-refractivity contribution in [3.63, 3.8) is 0 Å². The van der Waals surface area contributed by atoms with Gasteiger partial charge in [-0.15, -0.1) is 0 Å². The number of halogens is 1. The van der Waals surface area contributed by atoms with Gasteiger partial charge in [-0.2, -0.15) is 12.6 Å². The summed E-state index contributed by atoms with van der Waals surface area (Å²) in [6.07, 6.45) is 2.74. The number of rotatable bonds is 3. The number of aromatic nitrogens is 2. The highest BCUT2D eigenvalue weighted by Gasteiger charge is 2.02. The summed E-state index contributed by atoms with van der Waals surface area (Å²) in [6, 6.07) is 8.16. The molecule has 0 aliphatic rings. The van der Waals surface area contributed by atoms with E-state index in [-0.39, 0.29) is 0 Å². The van der Waals surface area contributed by atoms with E-state index < -0.39 is 0 Å². The molecule has 1 aromatic carbocycles. The highest BCUT2D eigenvalue weighted by Crippen LogP contribution is 2.19. The Bertz CT molecular complexity index is 436. The van der Waals surface area contributed by atoms with Crippen molar-refractivity contribution >= 4 is 28.6 Å². The summed E-state index contributed by atoms with van der Waals surface area (Å²) in [4.78, 5) is 7.56. The molecule has 0 atom stereocenters. The minimum absolute atomic E-state index is 0.813. The third kappa shape index (κ3) is 2.63. The molecule has 0 saturated carbocycles. The van der Waals surface area contributed by atoms with Crippen molar-refractivity contribution in [3.05, 3.63) is 40.8 Å². The van der Waals surface area contributed by atoms with Gasteiger partial charge in [-0.25, -0.2) is 4.98 Å². The van der Waals surface area contributed by atoms with Gasteiger partial charge >= 0.3 is 0 Å². The maximum Gasteiger partial charge on any atom is 0.107 e. The Morgan fingerprint density at radius 1 is 1.27 bits per heavy atom. The molecule has 0 aliphatic heterocycles. The van der Waals surface area contributed by atoms with E-state index >= 15 is 0 Å². The molecule has 4 heteroatoms. The number of aromatic amines is 1. The summed E-state index contributed by atoms with van der Waals surface area (Å²) in [5, 5.41) is 0. The Morgan fingerprint density at radius 3 is 2.67 bits per heavy atom. The van der Waals surface area contributed by atoms with Gasteiger partial charge in [0.25, 0.3) is 0 Å². The molecule has 78 valence electrons. The van der Waals surface area contributed by atoms with E-state index in [1.54, 1.807) is 0 Å². The lowest BCUT2D eigenvalue weighted by atomic mass is 10.2. The highest BCUT2D eigenvalue weighted by molar-refractivity contribution is 9.10. The van der Waals surface area contributed by atoms with Gasteiger partial charge in [0.15, 0.2) is 0 Å². The third-order valence-electron chi connectivity index (χ3n) is 2.13. The molecular weight excluding hydrogens is 272 g/mol. The number of hydrogen-bond donors (Lipinski definition) is 2. The molecule has 2 nitrogen and oxygen atoms in total.